The lowest BCUT2D eigenvalue weighted by Crippen LogP contribution is -2.12. The van der Waals surface area contributed by atoms with Crippen LogP contribution >= 0.6 is 0 Å². The normalized spacial score (nSPS) is 11.8. The van der Waals surface area contributed by atoms with Crippen molar-refractivity contribution in [3.63, 3.8) is 0 Å². The highest BCUT2D eigenvalue weighted by Crippen LogP contribution is 2.37. The molecule has 2 aromatic carbocycles. The number of amides is 1. The topological polar surface area (TPSA) is 43.1 Å². The third kappa shape index (κ3) is 1.54. The van der Waals surface area contributed by atoms with Crippen LogP contribution in [0.15, 0.2) is 49.0 Å². The Morgan fingerprint density at radius 3 is 2.56 bits per heavy atom. The van der Waals surface area contributed by atoms with Gasteiger partial charge in [0.05, 0.1) is 0 Å². The molecule has 0 aliphatic heterocycles. The molecule has 1 aliphatic rings. The van der Waals surface area contributed by atoms with Crippen molar-refractivity contribution < 1.29 is 4.79 Å². The summed E-state index contributed by atoms with van der Waals surface area (Å²) in [5.74, 6) is -0.467. The van der Waals surface area contributed by atoms with Crippen LogP contribution in [0.2, 0.25) is 0 Å². The van der Waals surface area contributed by atoms with E-state index < -0.39 is 5.91 Å². The summed E-state index contributed by atoms with van der Waals surface area (Å²) < 4.78 is 0. The summed E-state index contributed by atoms with van der Waals surface area (Å²) in [6.45, 7) is 3.72. The van der Waals surface area contributed by atoms with Crippen molar-refractivity contribution in [3.8, 4) is 11.1 Å². The van der Waals surface area contributed by atoms with Gasteiger partial charge < -0.3 is 5.73 Å². The van der Waals surface area contributed by atoms with Gasteiger partial charge in [0.15, 0.2) is 0 Å². The van der Waals surface area contributed by atoms with Gasteiger partial charge in [-0.3, -0.25) is 4.79 Å². The molecular formula is C16H13NO. The Morgan fingerprint density at radius 2 is 1.78 bits per heavy atom. The van der Waals surface area contributed by atoms with Gasteiger partial charge in [0.2, 0.25) is 5.91 Å². The van der Waals surface area contributed by atoms with Gasteiger partial charge in [0, 0.05) is 5.57 Å². The van der Waals surface area contributed by atoms with Crippen LogP contribution in [0.3, 0.4) is 0 Å². The third-order valence-corrected chi connectivity index (χ3v) is 3.44. The Bertz CT molecular complexity index is 671. The molecule has 1 amide bonds. The fourth-order valence-electron chi connectivity index (χ4n) is 2.48. The first-order valence-electron chi connectivity index (χ1n) is 5.87. The minimum absolute atomic E-state index is 0.369. The zero-order valence-electron chi connectivity index (χ0n) is 9.94. The van der Waals surface area contributed by atoms with Gasteiger partial charge in [0.25, 0.3) is 0 Å². The van der Waals surface area contributed by atoms with Gasteiger partial charge in [-0.05, 0) is 34.2 Å². The lowest BCUT2D eigenvalue weighted by molar-refractivity contribution is -0.112. The van der Waals surface area contributed by atoms with Crippen molar-refractivity contribution in [2.24, 2.45) is 5.73 Å². The second-order valence-corrected chi connectivity index (χ2v) is 4.55. The fraction of sp³-hybridized carbons (Fsp3) is 0.0625. The molecule has 2 N–H and O–H groups in total. The predicted molar refractivity (Wildman–Crippen MR) is 72.9 cm³/mol. The molecule has 0 radical (unpaired) electrons. The largest absolute Gasteiger partial charge is 0.366 e. The average Bonchev–Trinajstić information content (AvgIpc) is 2.75. The van der Waals surface area contributed by atoms with Crippen LogP contribution in [0.1, 0.15) is 16.7 Å². The van der Waals surface area contributed by atoms with E-state index in [2.05, 4.69) is 18.7 Å². The molecule has 88 valence electrons. The SMILES string of the molecule is C=C(C(N)=O)c1ccc2c(c1)Cc1ccccc1-2. The highest BCUT2D eigenvalue weighted by molar-refractivity contribution is 6.18. The molecule has 18 heavy (non-hydrogen) atoms. The summed E-state index contributed by atoms with van der Waals surface area (Å²) in [5.41, 5.74) is 11.5. The Balaban J connectivity index is 2.09. The molecule has 2 heteroatoms. The van der Waals surface area contributed by atoms with Crippen molar-refractivity contribution >= 4 is 11.5 Å². The van der Waals surface area contributed by atoms with Crippen LogP contribution in [0.5, 0.6) is 0 Å². The molecule has 0 saturated heterocycles. The van der Waals surface area contributed by atoms with Crippen molar-refractivity contribution in [1.82, 2.24) is 0 Å². The van der Waals surface area contributed by atoms with Crippen LogP contribution in [-0.4, -0.2) is 5.91 Å². The highest BCUT2D eigenvalue weighted by atomic mass is 16.1. The number of hydrogen-bond acceptors (Lipinski definition) is 1. The summed E-state index contributed by atoms with van der Waals surface area (Å²) in [4.78, 5) is 11.1. The number of hydrogen-bond donors (Lipinski definition) is 1. The van der Waals surface area contributed by atoms with Gasteiger partial charge in [-0.25, -0.2) is 0 Å². The van der Waals surface area contributed by atoms with E-state index in [0.29, 0.717) is 5.57 Å². The monoisotopic (exact) mass is 235 g/mol. The Hall–Kier alpha value is -2.35. The molecule has 0 aromatic heterocycles. The number of rotatable bonds is 2. The molecule has 0 bridgehead atoms. The highest BCUT2D eigenvalue weighted by Gasteiger charge is 2.18. The molecular weight excluding hydrogens is 222 g/mol. The summed E-state index contributed by atoms with van der Waals surface area (Å²) in [7, 11) is 0. The summed E-state index contributed by atoms with van der Waals surface area (Å²) in [6, 6.07) is 14.3. The summed E-state index contributed by atoms with van der Waals surface area (Å²) >= 11 is 0. The van der Waals surface area contributed by atoms with E-state index in [0.717, 1.165) is 12.0 Å². The first-order valence-corrected chi connectivity index (χ1v) is 5.87. The van der Waals surface area contributed by atoms with Crippen molar-refractivity contribution in [1.29, 1.82) is 0 Å². The van der Waals surface area contributed by atoms with E-state index in [1.165, 1.54) is 22.3 Å². The van der Waals surface area contributed by atoms with Crippen LogP contribution < -0.4 is 5.73 Å². The second kappa shape index (κ2) is 3.84. The Labute approximate surface area is 106 Å². The van der Waals surface area contributed by atoms with Gasteiger partial charge in [-0.15, -0.1) is 0 Å². The van der Waals surface area contributed by atoms with Crippen molar-refractivity contribution in [2.45, 2.75) is 6.42 Å². The number of carbonyl (C=O) groups excluding carboxylic acids is 1. The van der Waals surface area contributed by atoms with Crippen LogP contribution in [0.25, 0.3) is 16.7 Å². The maximum absolute atomic E-state index is 11.1. The van der Waals surface area contributed by atoms with Crippen LogP contribution in [0.4, 0.5) is 0 Å². The number of primary amides is 1. The number of fused-ring (bicyclic) bond motifs is 3. The zero-order valence-corrected chi connectivity index (χ0v) is 9.94. The van der Waals surface area contributed by atoms with Gasteiger partial charge >= 0.3 is 0 Å². The van der Waals surface area contributed by atoms with Gasteiger partial charge in [-0.2, -0.15) is 0 Å². The van der Waals surface area contributed by atoms with E-state index in [9.17, 15) is 4.79 Å². The maximum Gasteiger partial charge on any atom is 0.248 e. The van der Waals surface area contributed by atoms with Gasteiger partial charge in [0.1, 0.15) is 0 Å². The van der Waals surface area contributed by atoms with E-state index in [1.54, 1.807) is 0 Å². The second-order valence-electron chi connectivity index (χ2n) is 4.55. The van der Waals surface area contributed by atoms with Crippen LogP contribution in [0, 0.1) is 0 Å². The minimum Gasteiger partial charge on any atom is -0.366 e. The lowest BCUT2D eigenvalue weighted by atomic mass is 10.00. The standard InChI is InChI=1S/C16H13NO/c1-10(16(17)18)11-6-7-15-13(8-11)9-12-4-2-3-5-14(12)15/h2-8H,1,9H2,(H2,17,18). The molecule has 2 nitrogen and oxygen atoms in total. The quantitative estimate of drug-likeness (QED) is 0.682. The Kier molecular flexibility index (Phi) is 2.30. The molecule has 0 atom stereocenters. The van der Waals surface area contributed by atoms with Crippen molar-refractivity contribution in [2.75, 3.05) is 0 Å². The minimum atomic E-state index is -0.467. The van der Waals surface area contributed by atoms with Crippen molar-refractivity contribution in [3.05, 3.63) is 65.7 Å². The van der Waals surface area contributed by atoms with E-state index in [4.69, 9.17) is 5.73 Å². The molecule has 3 rings (SSSR count). The fourth-order valence-corrected chi connectivity index (χ4v) is 2.48. The Morgan fingerprint density at radius 1 is 1.06 bits per heavy atom. The predicted octanol–water partition coefficient (Wildman–Crippen LogP) is 2.76. The summed E-state index contributed by atoms with van der Waals surface area (Å²) in [6.07, 6.45) is 0.908. The van der Waals surface area contributed by atoms with Gasteiger partial charge in [-0.1, -0.05) is 49.0 Å². The first-order chi connectivity index (χ1) is 8.66. The molecule has 2 aromatic rings. The maximum atomic E-state index is 11.1. The van der Waals surface area contributed by atoms with Crippen LogP contribution in [-0.2, 0) is 11.2 Å². The average molecular weight is 235 g/mol. The zero-order chi connectivity index (χ0) is 12.7. The van der Waals surface area contributed by atoms with E-state index >= 15 is 0 Å². The molecule has 1 aliphatic carbocycles. The van der Waals surface area contributed by atoms with E-state index in [-0.39, 0.29) is 0 Å². The molecule has 0 spiro atoms. The molecule has 0 unspecified atom stereocenters. The molecule has 0 saturated carbocycles. The third-order valence-electron chi connectivity index (χ3n) is 3.44. The molecule has 0 heterocycles. The van der Waals surface area contributed by atoms with E-state index in [1.807, 2.05) is 30.3 Å². The number of nitrogens with two attached hydrogens (primary N) is 1. The number of benzene rings is 2. The molecule has 0 fully saturated rings. The summed E-state index contributed by atoms with van der Waals surface area (Å²) in [5, 5.41) is 0. The first kappa shape index (κ1) is 10.8. The smallest absolute Gasteiger partial charge is 0.248 e. The number of carbonyl (C=O) groups is 1. The lowest BCUT2D eigenvalue weighted by Gasteiger charge is -2.05.